The molecule has 5 heteroatoms. The summed E-state index contributed by atoms with van der Waals surface area (Å²) in [4.78, 5) is 24.0. The zero-order valence-electron chi connectivity index (χ0n) is 11.6. The van der Waals surface area contributed by atoms with Gasteiger partial charge in [-0.15, -0.1) is 6.58 Å². The summed E-state index contributed by atoms with van der Waals surface area (Å²) in [6, 6.07) is 9.42. The van der Waals surface area contributed by atoms with Crippen LogP contribution in [0.5, 0.6) is 0 Å². The van der Waals surface area contributed by atoms with Gasteiger partial charge in [-0.2, -0.15) is 0 Å². The lowest BCUT2D eigenvalue weighted by Gasteiger charge is -2.20. The van der Waals surface area contributed by atoms with E-state index >= 15 is 0 Å². The molecule has 0 saturated heterocycles. The molecule has 1 aromatic carbocycles. The summed E-state index contributed by atoms with van der Waals surface area (Å²) in [6.07, 6.45) is 1.14. The lowest BCUT2D eigenvalue weighted by atomic mass is 10.2. The van der Waals surface area contributed by atoms with Crippen molar-refractivity contribution in [1.29, 1.82) is 0 Å². The third kappa shape index (κ3) is 6.04. The molecule has 1 rings (SSSR count). The maximum absolute atomic E-state index is 11.9. The fourth-order valence-corrected chi connectivity index (χ4v) is 1.52. The summed E-state index contributed by atoms with van der Waals surface area (Å²) in [5.41, 5.74) is 0.916. The van der Waals surface area contributed by atoms with Crippen LogP contribution >= 0.6 is 0 Å². The van der Waals surface area contributed by atoms with Crippen LogP contribution in [0.2, 0.25) is 0 Å². The van der Waals surface area contributed by atoms with Gasteiger partial charge in [0.25, 0.3) is 0 Å². The predicted molar refractivity (Wildman–Crippen MR) is 75.0 cm³/mol. The van der Waals surface area contributed by atoms with Crippen LogP contribution in [0.15, 0.2) is 43.0 Å². The molecule has 108 valence electrons. The number of carbonyl (C=O) groups excluding carboxylic acids is 2. The van der Waals surface area contributed by atoms with Gasteiger partial charge >= 0.3 is 12.1 Å². The Morgan fingerprint density at radius 2 is 1.95 bits per heavy atom. The number of hydrogen-bond acceptors (Lipinski definition) is 4. The van der Waals surface area contributed by atoms with E-state index in [1.807, 2.05) is 30.3 Å². The number of benzene rings is 1. The average molecular weight is 277 g/mol. The number of ether oxygens (including phenoxy) is 2. The zero-order valence-corrected chi connectivity index (χ0v) is 11.6. The van der Waals surface area contributed by atoms with Crippen molar-refractivity contribution in [3.8, 4) is 0 Å². The quantitative estimate of drug-likeness (QED) is 0.567. The van der Waals surface area contributed by atoms with Crippen LogP contribution in [0.3, 0.4) is 0 Å². The highest BCUT2D eigenvalue weighted by molar-refractivity contribution is 5.68. The van der Waals surface area contributed by atoms with Gasteiger partial charge < -0.3 is 14.4 Å². The molecule has 0 radical (unpaired) electrons. The van der Waals surface area contributed by atoms with E-state index < -0.39 is 6.09 Å². The number of carbonyl (C=O) groups is 2. The molecule has 0 atom stereocenters. The first-order valence-corrected chi connectivity index (χ1v) is 6.33. The normalized spacial score (nSPS) is 9.65. The molecule has 5 nitrogen and oxygen atoms in total. The van der Waals surface area contributed by atoms with Gasteiger partial charge in [0.05, 0.1) is 6.54 Å². The molecule has 1 aromatic rings. The molecule has 0 bridgehead atoms. The fraction of sp³-hybridized carbons (Fsp3) is 0.333. The van der Waals surface area contributed by atoms with Crippen molar-refractivity contribution < 1.29 is 19.1 Å². The standard InChI is InChI=1S/C15H19NO4/c1-3-9-16(10-11-19-13(2)17)15(18)20-12-14-7-5-4-6-8-14/h3-8H,1,9-12H2,2H3. The van der Waals surface area contributed by atoms with Crippen LogP contribution < -0.4 is 0 Å². The summed E-state index contributed by atoms with van der Waals surface area (Å²) >= 11 is 0. The SMILES string of the molecule is C=CCN(CCOC(C)=O)C(=O)OCc1ccccc1. The van der Waals surface area contributed by atoms with E-state index in [-0.39, 0.29) is 25.7 Å². The van der Waals surface area contributed by atoms with E-state index in [9.17, 15) is 9.59 Å². The lowest BCUT2D eigenvalue weighted by Crippen LogP contribution is -2.34. The second-order valence-electron chi connectivity index (χ2n) is 4.11. The summed E-state index contributed by atoms with van der Waals surface area (Å²) in [5.74, 6) is -0.374. The van der Waals surface area contributed by atoms with E-state index in [1.54, 1.807) is 6.08 Å². The van der Waals surface area contributed by atoms with Crippen LogP contribution in [0.1, 0.15) is 12.5 Å². The molecule has 0 heterocycles. The van der Waals surface area contributed by atoms with Crippen molar-refractivity contribution in [1.82, 2.24) is 4.90 Å². The van der Waals surface area contributed by atoms with Gasteiger partial charge in [-0.3, -0.25) is 4.79 Å². The monoisotopic (exact) mass is 277 g/mol. The topological polar surface area (TPSA) is 55.8 Å². The number of esters is 1. The van der Waals surface area contributed by atoms with Crippen molar-refractivity contribution in [2.24, 2.45) is 0 Å². The lowest BCUT2D eigenvalue weighted by molar-refractivity contribution is -0.141. The first-order valence-electron chi connectivity index (χ1n) is 6.33. The van der Waals surface area contributed by atoms with E-state index in [2.05, 4.69) is 6.58 Å². The second-order valence-corrected chi connectivity index (χ2v) is 4.11. The van der Waals surface area contributed by atoms with Crippen LogP contribution in [-0.4, -0.2) is 36.7 Å². The Morgan fingerprint density at radius 1 is 1.25 bits per heavy atom. The molecule has 1 amide bonds. The molecule has 0 aliphatic carbocycles. The summed E-state index contributed by atoms with van der Waals surface area (Å²) in [7, 11) is 0. The maximum Gasteiger partial charge on any atom is 0.410 e. The highest BCUT2D eigenvalue weighted by atomic mass is 16.6. The third-order valence-electron chi connectivity index (χ3n) is 2.48. The minimum atomic E-state index is -0.457. The Labute approximate surface area is 118 Å². The van der Waals surface area contributed by atoms with Crippen LogP contribution in [-0.2, 0) is 20.9 Å². The first-order chi connectivity index (χ1) is 9.63. The van der Waals surface area contributed by atoms with Crippen LogP contribution in [0, 0.1) is 0 Å². The zero-order chi connectivity index (χ0) is 14.8. The summed E-state index contributed by atoms with van der Waals surface area (Å²) in [6.45, 7) is 5.88. The smallest absolute Gasteiger partial charge is 0.410 e. The van der Waals surface area contributed by atoms with E-state index in [0.29, 0.717) is 6.54 Å². The average Bonchev–Trinajstić information content (AvgIpc) is 2.44. The summed E-state index contributed by atoms with van der Waals surface area (Å²) < 4.78 is 10.0. The van der Waals surface area contributed by atoms with Crippen molar-refractivity contribution in [2.45, 2.75) is 13.5 Å². The predicted octanol–water partition coefficient (Wildman–Crippen LogP) is 2.37. The van der Waals surface area contributed by atoms with E-state index in [1.165, 1.54) is 11.8 Å². The Hall–Kier alpha value is -2.30. The van der Waals surface area contributed by atoms with Crippen molar-refractivity contribution in [2.75, 3.05) is 19.7 Å². The minimum absolute atomic E-state index is 0.142. The molecule has 0 N–H and O–H groups in total. The Kier molecular flexibility index (Phi) is 6.89. The highest BCUT2D eigenvalue weighted by Crippen LogP contribution is 2.03. The number of amides is 1. The van der Waals surface area contributed by atoms with Crippen LogP contribution in [0.25, 0.3) is 0 Å². The number of rotatable bonds is 7. The van der Waals surface area contributed by atoms with Gasteiger partial charge in [0, 0.05) is 13.5 Å². The fourth-order valence-electron chi connectivity index (χ4n) is 1.52. The Morgan fingerprint density at radius 3 is 2.55 bits per heavy atom. The molecule has 0 aliphatic heterocycles. The van der Waals surface area contributed by atoms with Gasteiger partial charge in [-0.05, 0) is 5.56 Å². The molecule has 0 fully saturated rings. The van der Waals surface area contributed by atoms with E-state index in [0.717, 1.165) is 5.56 Å². The van der Waals surface area contributed by atoms with Crippen molar-refractivity contribution in [3.05, 3.63) is 48.6 Å². The maximum atomic E-state index is 11.9. The molecule has 0 saturated carbocycles. The van der Waals surface area contributed by atoms with Gasteiger partial charge in [0.2, 0.25) is 0 Å². The number of nitrogens with zero attached hydrogens (tertiary/aromatic N) is 1. The Balaban J connectivity index is 2.42. The first kappa shape index (κ1) is 15.8. The van der Waals surface area contributed by atoms with Gasteiger partial charge in [0.15, 0.2) is 0 Å². The molecule has 0 spiro atoms. The van der Waals surface area contributed by atoms with Gasteiger partial charge in [-0.1, -0.05) is 36.4 Å². The van der Waals surface area contributed by atoms with Gasteiger partial charge in [0.1, 0.15) is 13.2 Å². The van der Waals surface area contributed by atoms with Crippen molar-refractivity contribution >= 4 is 12.1 Å². The molecule has 20 heavy (non-hydrogen) atoms. The number of hydrogen-bond donors (Lipinski definition) is 0. The second kappa shape index (κ2) is 8.74. The molecule has 0 aliphatic rings. The third-order valence-corrected chi connectivity index (χ3v) is 2.48. The highest BCUT2D eigenvalue weighted by Gasteiger charge is 2.13. The largest absolute Gasteiger partial charge is 0.464 e. The van der Waals surface area contributed by atoms with Crippen molar-refractivity contribution in [3.63, 3.8) is 0 Å². The molecular formula is C15H19NO4. The van der Waals surface area contributed by atoms with Gasteiger partial charge in [-0.25, -0.2) is 4.79 Å². The molecule has 0 aromatic heterocycles. The summed E-state index contributed by atoms with van der Waals surface area (Å²) in [5, 5.41) is 0. The van der Waals surface area contributed by atoms with E-state index in [4.69, 9.17) is 9.47 Å². The van der Waals surface area contributed by atoms with Crippen LogP contribution in [0.4, 0.5) is 4.79 Å². The molecule has 0 unspecified atom stereocenters. The minimum Gasteiger partial charge on any atom is -0.464 e. The Bertz CT molecular complexity index is 444. The molecular weight excluding hydrogens is 258 g/mol.